The van der Waals surface area contributed by atoms with E-state index >= 15 is 0 Å². The summed E-state index contributed by atoms with van der Waals surface area (Å²) >= 11 is 0. The number of ether oxygens (including phenoxy) is 3. The number of benzene rings is 1. The predicted molar refractivity (Wildman–Crippen MR) is 91.5 cm³/mol. The molecular formula is C20H26O5. The van der Waals surface area contributed by atoms with Crippen LogP contribution in [-0.2, 0) is 9.53 Å². The number of methoxy groups -OCH3 is 1. The average Bonchev–Trinajstić information content (AvgIpc) is 2.57. The Balaban J connectivity index is 1.29. The zero-order valence-electron chi connectivity index (χ0n) is 14.7. The van der Waals surface area contributed by atoms with E-state index in [9.17, 15) is 9.90 Å². The van der Waals surface area contributed by atoms with E-state index in [4.69, 9.17) is 14.2 Å². The van der Waals surface area contributed by atoms with Gasteiger partial charge in [-0.2, -0.15) is 0 Å². The zero-order valence-corrected chi connectivity index (χ0v) is 14.7. The standard InChI is InChI=1S/C20H26O5/c1-23-16-2-4-17(5-3-16)24-6-7-25-18(21)19-9-14-8-15(10-19)12-20(22,11-14)13-19/h2-5,14-15,22H,6-13H2,1H3. The number of aliphatic hydroxyl groups is 1. The SMILES string of the molecule is COc1ccc(OCCOC(=O)C23CC4CC(CC(O)(C4)C2)C3)cc1. The maximum atomic E-state index is 12.7. The van der Waals surface area contributed by atoms with E-state index in [2.05, 4.69) is 0 Å². The minimum atomic E-state index is -0.636. The van der Waals surface area contributed by atoms with Crippen LogP contribution in [0, 0.1) is 17.3 Å². The van der Waals surface area contributed by atoms with Gasteiger partial charge in [-0.25, -0.2) is 0 Å². The Morgan fingerprint density at radius 2 is 1.72 bits per heavy atom. The number of carbonyl (C=O) groups excluding carboxylic acids is 1. The Bertz CT molecular complexity index is 624. The maximum Gasteiger partial charge on any atom is 0.312 e. The van der Waals surface area contributed by atoms with E-state index in [0.717, 1.165) is 43.6 Å². The smallest absolute Gasteiger partial charge is 0.312 e. The van der Waals surface area contributed by atoms with Crippen molar-refractivity contribution in [1.82, 2.24) is 0 Å². The van der Waals surface area contributed by atoms with Gasteiger partial charge in [-0.15, -0.1) is 0 Å². The first kappa shape index (κ1) is 16.7. The van der Waals surface area contributed by atoms with Gasteiger partial charge < -0.3 is 19.3 Å². The molecule has 4 saturated carbocycles. The van der Waals surface area contributed by atoms with E-state index in [0.29, 0.717) is 24.9 Å². The molecule has 2 unspecified atom stereocenters. The van der Waals surface area contributed by atoms with Crippen molar-refractivity contribution in [3.8, 4) is 11.5 Å². The van der Waals surface area contributed by atoms with E-state index in [-0.39, 0.29) is 12.6 Å². The van der Waals surface area contributed by atoms with Crippen molar-refractivity contribution in [3.63, 3.8) is 0 Å². The van der Waals surface area contributed by atoms with Crippen molar-refractivity contribution >= 4 is 5.97 Å². The highest BCUT2D eigenvalue weighted by atomic mass is 16.6. The molecule has 0 radical (unpaired) electrons. The van der Waals surface area contributed by atoms with Crippen LogP contribution < -0.4 is 9.47 Å². The quantitative estimate of drug-likeness (QED) is 0.634. The Hall–Kier alpha value is -1.75. The molecule has 5 nitrogen and oxygen atoms in total. The van der Waals surface area contributed by atoms with Gasteiger partial charge in [0, 0.05) is 0 Å². The maximum absolute atomic E-state index is 12.7. The molecule has 0 heterocycles. The Morgan fingerprint density at radius 3 is 2.32 bits per heavy atom. The van der Waals surface area contributed by atoms with Crippen LogP contribution in [0.15, 0.2) is 24.3 Å². The molecule has 2 atom stereocenters. The molecule has 4 aliphatic rings. The molecule has 5 heteroatoms. The minimum Gasteiger partial charge on any atom is -0.497 e. The van der Waals surface area contributed by atoms with Crippen LogP contribution in [0.25, 0.3) is 0 Å². The molecule has 5 rings (SSSR count). The van der Waals surface area contributed by atoms with Gasteiger partial charge >= 0.3 is 5.97 Å². The summed E-state index contributed by atoms with van der Waals surface area (Å²) in [5.41, 5.74) is -1.10. The Morgan fingerprint density at radius 1 is 1.08 bits per heavy atom. The first-order chi connectivity index (χ1) is 12.0. The monoisotopic (exact) mass is 346 g/mol. The summed E-state index contributed by atoms with van der Waals surface area (Å²) in [6.07, 6.45) is 5.22. The lowest BCUT2D eigenvalue weighted by Gasteiger charge is -2.58. The van der Waals surface area contributed by atoms with Crippen molar-refractivity contribution in [2.24, 2.45) is 17.3 Å². The Kier molecular flexibility index (Phi) is 4.14. The number of rotatable bonds is 6. The van der Waals surface area contributed by atoms with Gasteiger partial charge in [0.2, 0.25) is 0 Å². The van der Waals surface area contributed by atoms with E-state index < -0.39 is 11.0 Å². The fourth-order valence-electron chi connectivity index (χ4n) is 5.57. The molecule has 136 valence electrons. The van der Waals surface area contributed by atoms with Gasteiger partial charge in [0.05, 0.1) is 18.1 Å². The van der Waals surface area contributed by atoms with Crippen molar-refractivity contribution < 1.29 is 24.1 Å². The molecule has 4 bridgehead atoms. The molecule has 0 aromatic heterocycles. The van der Waals surface area contributed by atoms with Gasteiger partial charge in [-0.3, -0.25) is 4.79 Å². The highest BCUT2D eigenvalue weighted by Crippen LogP contribution is 2.61. The lowest BCUT2D eigenvalue weighted by molar-refractivity contribution is -0.196. The fraction of sp³-hybridized carbons (Fsp3) is 0.650. The van der Waals surface area contributed by atoms with Crippen LogP contribution in [0.4, 0.5) is 0 Å². The fourth-order valence-corrected chi connectivity index (χ4v) is 5.57. The Labute approximate surface area is 148 Å². The highest BCUT2D eigenvalue weighted by molar-refractivity contribution is 5.77. The lowest BCUT2D eigenvalue weighted by Crippen LogP contribution is -2.58. The highest BCUT2D eigenvalue weighted by Gasteiger charge is 2.60. The summed E-state index contributed by atoms with van der Waals surface area (Å²) in [5.74, 6) is 2.32. The normalized spacial score (nSPS) is 35.4. The van der Waals surface area contributed by atoms with Gasteiger partial charge in [-0.05, 0) is 74.6 Å². The summed E-state index contributed by atoms with van der Waals surface area (Å²) in [7, 11) is 1.62. The minimum absolute atomic E-state index is 0.140. The van der Waals surface area contributed by atoms with Gasteiger partial charge in [0.15, 0.2) is 0 Å². The van der Waals surface area contributed by atoms with Crippen molar-refractivity contribution in [1.29, 1.82) is 0 Å². The number of hydrogen-bond donors (Lipinski definition) is 1. The van der Waals surface area contributed by atoms with E-state index in [1.807, 2.05) is 24.3 Å². The van der Waals surface area contributed by atoms with Crippen LogP contribution in [0.5, 0.6) is 11.5 Å². The molecule has 1 N–H and O–H groups in total. The van der Waals surface area contributed by atoms with E-state index in [1.54, 1.807) is 7.11 Å². The second-order valence-corrected chi connectivity index (χ2v) is 8.13. The molecule has 0 amide bonds. The first-order valence-electron chi connectivity index (χ1n) is 9.17. The van der Waals surface area contributed by atoms with Crippen LogP contribution in [0.2, 0.25) is 0 Å². The summed E-state index contributed by atoms with van der Waals surface area (Å²) in [6.45, 7) is 0.561. The third-order valence-electron chi connectivity index (χ3n) is 6.11. The van der Waals surface area contributed by atoms with Crippen molar-refractivity contribution in [2.45, 2.75) is 44.1 Å². The van der Waals surface area contributed by atoms with Gasteiger partial charge in [-0.1, -0.05) is 0 Å². The van der Waals surface area contributed by atoms with Crippen molar-refractivity contribution in [3.05, 3.63) is 24.3 Å². The summed E-state index contributed by atoms with van der Waals surface area (Å²) in [4.78, 5) is 12.7. The van der Waals surface area contributed by atoms with Crippen LogP contribution in [-0.4, -0.2) is 37.0 Å². The number of hydrogen-bond acceptors (Lipinski definition) is 5. The molecule has 1 aromatic rings. The number of esters is 1. The van der Waals surface area contributed by atoms with Crippen molar-refractivity contribution in [2.75, 3.05) is 20.3 Å². The topological polar surface area (TPSA) is 65.0 Å². The third kappa shape index (κ3) is 3.22. The first-order valence-corrected chi connectivity index (χ1v) is 9.17. The van der Waals surface area contributed by atoms with Gasteiger partial charge in [0.1, 0.15) is 24.7 Å². The average molecular weight is 346 g/mol. The zero-order chi connectivity index (χ0) is 17.5. The largest absolute Gasteiger partial charge is 0.497 e. The van der Waals surface area contributed by atoms with Crippen LogP contribution in [0.3, 0.4) is 0 Å². The molecule has 4 fully saturated rings. The molecular weight excluding hydrogens is 320 g/mol. The predicted octanol–water partition coefficient (Wildman–Crippen LogP) is 2.95. The second-order valence-electron chi connectivity index (χ2n) is 8.13. The molecule has 1 aromatic carbocycles. The third-order valence-corrected chi connectivity index (χ3v) is 6.11. The number of carbonyl (C=O) groups is 1. The lowest BCUT2D eigenvalue weighted by atomic mass is 9.48. The molecule has 25 heavy (non-hydrogen) atoms. The summed E-state index contributed by atoms with van der Waals surface area (Å²) in [5, 5.41) is 10.7. The molecule has 4 aliphatic carbocycles. The van der Waals surface area contributed by atoms with Crippen LogP contribution >= 0.6 is 0 Å². The summed E-state index contributed by atoms with van der Waals surface area (Å²) in [6, 6.07) is 7.32. The second kappa shape index (κ2) is 6.20. The molecule has 0 saturated heterocycles. The summed E-state index contributed by atoms with van der Waals surface area (Å²) < 4.78 is 16.3. The molecule has 0 spiro atoms. The van der Waals surface area contributed by atoms with Crippen LogP contribution in [0.1, 0.15) is 38.5 Å². The van der Waals surface area contributed by atoms with E-state index in [1.165, 1.54) is 0 Å². The molecule has 0 aliphatic heterocycles. The van der Waals surface area contributed by atoms with Gasteiger partial charge in [0.25, 0.3) is 0 Å².